The number of aliphatic hydroxyl groups is 3. The Labute approximate surface area is 140 Å². The first kappa shape index (κ1) is 17.2. The summed E-state index contributed by atoms with van der Waals surface area (Å²) in [6, 6.07) is 0. The average molecular weight is 352 g/mol. The summed E-state index contributed by atoms with van der Waals surface area (Å²) in [5, 5.41) is 32.1. The van der Waals surface area contributed by atoms with Crippen LogP contribution in [0.25, 0.3) is 11.2 Å². The highest BCUT2D eigenvalue weighted by molar-refractivity contribution is 5.96. The quantitative estimate of drug-likeness (QED) is 0.383. The van der Waals surface area contributed by atoms with Gasteiger partial charge in [0.2, 0.25) is 5.91 Å². The van der Waals surface area contributed by atoms with Gasteiger partial charge in [-0.05, 0) is 0 Å². The summed E-state index contributed by atoms with van der Waals surface area (Å²) < 4.78 is 6.45. The van der Waals surface area contributed by atoms with E-state index in [4.69, 9.17) is 10.5 Å². The van der Waals surface area contributed by atoms with Gasteiger partial charge >= 0.3 is 0 Å². The van der Waals surface area contributed by atoms with Crippen LogP contribution in [0.1, 0.15) is 6.92 Å². The van der Waals surface area contributed by atoms with E-state index >= 15 is 0 Å². The summed E-state index contributed by atoms with van der Waals surface area (Å²) in [5.74, 6) is -1.43. The smallest absolute Gasteiger partial charge is 0.274 e. The van der Waals surface area contributed by atoms with Crippen molar-refractivity contribution in [1.82, 2.24) is 19.5 Å². The minimum Gasteiger partial charge on any atom is -0.394 e. The SMILES string of the molecule is CC(=O)Nc1ncnc2c1ncn2[C@]1(C(N)=O)O[C@H](CO)[C@@H](O)[C@H]1O. The van der Waals surface area contributed by atoms with Crippen molar-refractivity contribution in [3.05, 3.63) is 12.7 Å². The normalized spacial score (nSPS) is 29.0. The third kappa shape index (κ3) is 2.42. The number of carbonyl (C=O) groups excluding carboxylic acids is 2. The van der Waals surface area contributed by atoms with E-state index in [0.29, 0.717) is 0 Å². The van der Waals surface area contributed by atoms with Crippen LogP contribution in [0.5, 0.6) is 0 Å². The molecule has 1 saturated heterocycles. The Bertz CT molecular complexity index is 840. The van der Waals surface area contributed by atoms with Crippen LogP contribution in [-0.2, 0) is 20.1 Å². The van der Waals surface area contributed by atoms with Gasteiger partial charge in [-0.1, -0.05) is 0 Å². The number of ether oxygens (including phenoxy) is 1. The standard InChI is InChI=1S/C13H16N6O6/c1-5(21)18-10-7-11(16-3-15-10)19(4-17-7)13(12(14)24)9(23)8(22)6(2-20)25-13/h3-4,6,8-9,20,22-23H,2H2,1H3,(H2,14,24)(H,15,16,18,21)/t6-,8-,9-,13+/m1/s1. The van der Waals surface area contributed by atoms with Crippen molar-refractivity contribution < 1.29 is 29.6 Å². The predicted molar refractivity (Wildman–Crippen MR) is 80.8 cm³/mol. The number of anilines is 1. The van der Waals surface area contributed by atoms with Crippen molar-refractivity contribution in [3.63, 3.8) is 0 Å². The number of aliphatic hydroxyl groups excluding tert-OH is 3. The van der Waals surface area contributed by atoms with Gasteiger partial charge in [0, 0.05) is 6.92 Å². The molecule has 0 saturated carbocycles. The third-order valence-electron chi connectivity index (χ3n) is 3.96. The molecule has 1 aliphatic rings. The molecule has 2 aromatic heterocycles. The molecule has 4 atom stereocenters. The van der Waals surface area contributed by atoms with Gasteiger partial charge in [0.1, 0.15) is 31.0 Å². The first-order chi connectivity index (χ1) is 11.8. The van der Waals surface area contributed by atoms with Crippen molar-refractivity contribution in [2.24, 2.45) is 5.73 Å². The van der Waals surface area contributed by atoms with Crippen LogP contribution in [0, 0.1) is 0 Å². The van der Waals surface area contributed by atoms with Crippen LogP contribution < -0.4 is 11.1 Å². The molecule has 134 valence electrons. The molecule has 1 fully saturated rings. The first-order valence-electron chi connectivity index (χ1n) is 7.23. The van der Waals surface area contributed by atoms with Crippen LogP contribution in [0.3, 0.4) is 0 Å². The van der Waals surface area contributed by atoms with E-state index in [0.717, 1.165) is 17.2 Å². The molecular formula is C13H16N6O6. The fourth-order valence-corrected chi connectivity index (χ4v) is 2.81. The number of hydrogen-bond donors (Lipinski definition) is 5. The molecule has 0 aromatic carbocycles. The molecule has 6 N–H and O–H groups in total. The molecule has 12 heteroatoms. The van der Waals surface area contributed by atoms with Crippen LogP contribution in [0.4, 0.5) is 5.82 Å². The molecule has 25 heavy (non-hydrogen) atoms. The van der Waals surface area contributed by atoms with Gasteiger partial charge in [0.05, 0.1) is 6.61 Å². The zero-order valence-electron chi connectivity index (χ0n) is 13.0. The van der Waals surface area contributed by atoms with Crippen LogP contribution in [0.2, 0.25) is 0 Å². The fraction of sp³-hybridized carbons (Fsp3) is 0.462. The van der Waals surface area contributed by atoms with Crippen molar-refractivity contribution in [1.29, 1.82) is 0 Å². The van der Waals surface area contributed by atoms with E-state index in [1.165, 1.54) is 6.92 Å². The minimum atomic E-state index is -2.23. The number of nitrogens with two attached hydrogens (primary N) is 1. The van der Waals surface area contributed by atoms with Gasteiger partial charge in [0.25, 0.3) is 11.6 Å². The Hall–Kier alpha value is -2.67. The highest BCUT2D eigenvalue weighted by atomic mass is 16.6. The molecule has 12 nitrogen and oxygen atoms in total. The lowest BCUT2D eigenvalue weighted by atomic mass is 10.0. The molecule has 1 aliphatic heterocycles. The van der Waals surface area contributed by atoms with Crippen LogP contribution in [0.15, 0.2) is 12.7 Å². The van der Waals surface area contributed by atoms with E-state index in [1.807, 2.05) is 0 Å². The van der Waals surface area contributed by atoms with Gasteiger partial charge in [-0.25, -0.2) is 15.0 Å². The monoisotopic (exact) mass is 352 g/mol. The number of aromatic nitrogens is 4. The second-order valence-electron chi connectivity index (χ2n) is 5.53. The number of fused-ring (bicyclic) bond motifs is 1. The number of rotatable bonds is 4. The maximum atomic E-state index is 12.1. The Morgan fingerprint density at radius 3 is 2.68 bits per heavy atom. The number of nitrogens with zero attached hydrogens (tertiary/aromatic N) is 4. The molecule has 2 amide bonds. The summed E-state index contributed by atoms with van der Waals surface area (Å²) >= 11 is 0. The summed E-state index contributed by atoms with van der Waals surface area (Å²) in [4.78, 5) is 35.3. The lowest BCUT2D eigenvalue weighted by Crippen LogP contribution is -2.54. The van der Waals surface area contributed by atoms with Crippen LogP contribution in [-0.4, -0.2) is 71.6 Å². The van der Waals surface area contributed by atoms with E-state index < -0.39 is 42.5 Å². The summed E-state index contributed by atoms with van der Waals surface area (Å²) in [7, 11) is 0. The lowest BCUT2D eigenvalue weighted by molar-refractivity contribution is -0.172. The second-order valence-corrected chi connectivity index (χ2v) is 5.53. The van der Waals surface area contributed by atoms with Gasteiger partial charge < -0.3 is 31.1 Å². The zero-order chi connectivity index (χ0) is 18.4. The van der Waals surface area contributed by atoms with Crippen molar-refractivity contribution in [2.45, 2.75) is 31.0 Å². The lowest BCUT2D eigenvalue weighted by Gasteiger charge is -2.30. The number of primary amides is 1. The van der Waals surface area contributed by atoms with E-state index in [2.05, 4.69) is 20.3 Å². The number of carbonyl (C=O) groups is 2. The minimum absolute atomic E-state index is 0.0300. The zero-order valence-corrected chi connectivity index (χ0v) is 13.0. The molecule has 3 rings (SSSR count). The number of imidazole rings is 1. The summed E-state index contributed by atoms with van der Waals surface area (Å²) in [6.45, 7) is 0.633. The second kappa shape index (κ2) is 6.00. The highest BCUT2D eigenvalue weighted by Gasteiger charge is 2.60. The molecular weight excluding hydrogens is 336 g/mol. The van der Waals surface area contributed by atoms with E-state index in [9.17, 15) is 24.9 Å². The van der Waals surface area contributed by atoms with Crippen LogP contribution >= 0.6 is 0 Å². The molecule has 0 unspecified atom stereocenters. The van der Waals surface area contributed by atoms with Gasteiger partial charge in [-0.15, -0.1) is 0 Å². The van der Waals surface area contributed by atoms with Crippen molar-refractivity contribution in [3.8, 4) is 0 Å². The largest absolute Gasteiger partial charge is 0.394 e. The Morgan fingerprint density at radius 1 is 1.40 bits per heavy atom. The number of hydrogen-bond acceptors (Lipinski definition) is 9. The van der Waals surface area contributed by atoms with Gasteiger partial charge in [-0.2, -0.15) is 0 Å². The first-order valence-corrected chi connectivity index (χ1v) is 7.23. The predicted octanol–water partition coefficient (Wildman–Crippen LogP) is -2.96. The van der Waals surface area contributed by atoms with Crippen molar-refractivity contribution >= 4 is 28.8 Å². The van der Waals surface area contributed by atoms with E-state index in [-0.39, 0.29) is 17.0 Å². The van der Waals surface area contributed by atoms with Gasteiger partial charge in [-0.3, -0.25) is 14.2 Å². The molecule has 0 spiro atoms. The molecule has 0 bridgehead atoms. The molecule has 2 aromatic rings. The average Bonchev–Trinajstić information content (AvgIpc) is 3.09. The molecule has 0 aliphatic carbocycles. The third-order valence-corrected chi connectivity index (χ3v) is 3.96. The fourth-order valence-electron chi connectivity index (χ4n) is 2.81. The molecule has 3 heterocycles. The number of amides is 2. The Balaban J connectivity index is 2.19. The maximum Gasteiger partial charge on any atom is 0.274 e. The Kier molecular flexibility index (Phi) is 4.12. The number of nitrogens with one attached hydrogen (secondary N) is 1. The van der Waals surface area contributed by atoms with Crippen molar-refractivity contribution in [2.75, 3.05) is 11.9 Å². The highest BCUT2D eigenvalue weighted by Crippen LogP contribution is 2.37. The summed E-state index contributed by atoms with van der Waals surface area (Å²) in [5.41, 5.74) is 3.34. The topological polar surface area (TPSA) is 186 Å². The van der Waals surface area contributed by atoms with E-state index in [1.54, 1.807) is 0 Å². The molecule has 0 radical (unpaired) electrons. The summed E-state index contributed by atoms with van der Waals surface area (Å²) in [6.07, 6.45) is -2.35. The maximum absolute atomic E-state index is 12.1. The van der Waals surface area contributed by atoms with Gasteiger partial charge in [0.15, 0.2) is 17.0 Å². The Morgan fingerprint density at radius 2 is 2.12 bits per heavy atom.